The zero-order valence-corrected chi connectivity index (χ0v) is 14.9. The van der Waals surface area contributed by atoms with E-state index in [1.54, 1.807) is 36.4 Å². The fraction of sp³-hybridized carbons (Fsp3) is 0.300. The second-order valence-corrected chi connectivity index (χ2v) is 7.13. The highest BCUT2D eigenvalue weighted by molar-refractivity contribution is 6.32. The van der Waals surface area contributed by atoms with Crippen LogP contribution in [0.2, 0.25) is 5.02 Å². The number of anilines is 1. The monoisotopic (exact) mass is 370 g/mol. The molecule has 2 aromatic rings. The summed E-state index contributed by atoms with van der Waals surface area (Å²) in [6.07, 6.45) is 2.43. The molecule has 26 heavy (non-hydrogen) atoms. The van der Waals surface area contributed by atoms with Crippen molar-refractivity contribution in [3.63, 3.8) is 0 Å². The Labute approximate surface area is 156 Å². The zero-order chi connectivity index (χ0) is 18.1. The number of para-hydroxylation sites is 1. The molecule has 6 heteroatoms. The molecular weight excluding hydrogens is 352 g/mol. The van der Waals surface area contributed by atoms with Crippen molar-refractivity contribution in [2.45, 2.75) is 25.3 Å². The van der Waals surface area contributed by atoms with Gasteiger partial charge in [-0.15, -0.1) is 0 Å². The van der Waals surface area contributed by atoms with E-state index >= 15 is 0 Å². The minimum atomic E-state index is -0.276. The molecule has 2 fully saturated rings. The molecule has 134 valence electrons. The third-order valence-corrected chi connectivity index (χ3v) is 5.02. The van der Waals surface area contributed by atoms with Crippen LogP contribution in [-0.2, 0) is 9.59 Å². The molecule has 1 saturated heterocycles. The van der Waals surface area contributed by atoms with Crippen molar-refractivity contribution in [2.24, 2.45) is 5.92 Å². The Bertz CT molecular complexity index is 833. The zero-order valence-electron chi connectivity index (χ0n) is 14.2. The summed E-state index contributed by atoms with van der Waals surface area (Å²) in [5, 5.41) is 3.43. The molecule has 1 aliphatic heterocycles. The summed E-state index contributed by atoms with van der Waals surface area (Å²) in [6, 6.07) is 14.7. The Morgan fingerprint density at radius 1 is 1.12 bits per heavy atom. The lowest BCUT2D eigenvalue weighted by Crippen LogP contribution is -2.29. The largest absolute Gasteiger partial charge is 0.456 e. The number of carbonyl (C=O) groups excluding carboxylic acids is 2. The number of rotatable bonds is 5. The van der Waals surface area contributed by atoms with Crippen LogP contribution in [0.3, 0.4) is 0 Å². The number of halogens is 1. The van der Waals surface area contributed by atoms with Crippen molar-refractivity contribution in [3.8, 4) is 11.5 Å². The fourth-order valence-electron chi connectivity index (χ4n) is 3.15. The van der Waals surface area contributed by atoms with Crippen molar-refractivity contribution in [3.05, 3.63) is 53.6 Å². The van der Waals surface area contributed by atoms with Gasteiger partial charge in [0.1, 0.15) is 11.5 Å². The van der Waals surface area contributed by atoms with E-state index in [1.165, 1.54) is 0 Å². The highest BCUT2D eigenvalue weighted by Gasteiger charge is 2.41. The number of amides is 2. The molecule has 0 aromatic heterocycles. The summed E-state index contributed by atoms with van der Waals surface area (Å²) in [7, 11) is 0. The smallest absolute Gasteiger partial charge is 0.229 e. The van der Waals surface area contributed by atoms with E-state index < -0.39 is 0 Å². The number of nitrogens with zero attached hydrogens (tertiary/aromatic N) is 1. The SMILES string of the molecule is O=C(Nc1ccc(Oc2ccccc2Cl)cc1)[C@H]1CC(=O)N(C2CC2)C1. The van der Waals surface area contributed by atoms with E-state index in [2.05, 4.69) is 5.32 Å². The number of hydrogen-bond acceptors (Lipinski definition) is 3. The van der Waals surface area contributed by atoms with Gasteiger partial charge in [-0.25, -0.2) is 0 Å². The summed E-state index contributed by atoms with van der Waals surface area (Å²) in [5.41, 5.74) is 0.679. The predicted molar refractivity (Wildman–Crippen MR) is 99.4 cm³/mol. The van der Waals surface area contributed by atoms with E-state index in [0.717, 1.165) is 12.8 Å². The van der Waals surface area contributed by atoms with Crippen LogP contribution in [0.1, 0.15) is 19.3 Å². The van der Waals surface area contributed by atoms with Gasteiger partial charge in [0.25, 0.3) is 0 Å². The molecular formula is C20H19ClN2O3. The first-order chi connectivity index (χ1) is 12.6. The predicted octanol–water partition coefficient (Wildman–Crippen LogP) is 4.08. The lowest BCUT2D eigenvalue weighted by atomic mass is 10.1. The number of likely N-dealkylation sites (tertiary alicyclic amines) is 1. The second kappa shape index (κ2) is 7.00. The summed E-state index contributed by atoms with van der Waals surface area (Å²) in [5.74, 6) is 0.919. The molecule has 5 nitrogen and oxygen atoms in total. The molecule has 1 saturated carbocycles. The molecule has 0 spiro atoms. The third kappa shape index (κ3) is 3.68. The maximum Gasteiger partial charge on any atom is 0.229 e. The van der Waals surface area contributed by atoms with E-state index in [1.807, 2.05) is 17.0 Å². The van der Waals surface area contributed by atoms with Crippen LogP contribution in [0.25, 0.3) is 0 Å². The van der Waals surface area contributed by atoms with Crippen molar-refractivity contribution in [1.82, 2.24) is 4.90 Å². The number of ether oxygens (including phenoxy) is 1. The summed E-state index contributed by atoms with van der Waals surface area (Å²) < 4.78 is 5.73. The molecule has 1 heterocycles. The van der Waals surface area contributed by atoms with Crippen LogP contribution < -0.4 is 10.1 Å². The molecule has 4 rings (SSSR count). The van der Waals surface area contributed by atoms with E-state index in [0.29, 0.717) is 41.2 Å². The van der Waals surface area contributed by atoms with Gasteiger partial charge in [-0.1, -0.05) is 23.7 Å². The molecule has 0 unspecified atom stereocenters. The van der Waals surface area contributed by atoms with Crippen LogP contribution >= 0.6 is 11.6 Å². The maximum atomic E-state index is 12.4. The highest BCUT2D eigenvalue weighted by Crippen LogP contribution is 2.33. The number of carbonyl (C=O) groups is 2. The van der Waals surface area contributed by atoms with E-state index in [4.69, 9.17) is 16.3 Å². The average Bonchev–Trinajstić information content (AvgIpc) is 3.40. The normalized spacial score (nSPS) is 19.5. The molecule has 1 aliphatic carbocycles. The second-order valence-electron chi connectivity index (χ2n) is 6.72. The van der Waals surface area contributed by atoms with Gasteiger partial charge < -0.3 is 15.0 Å². The lowest BCUT2D eigenvalue weighted by molar-refractivity contribution is -0.128. The third-order valence-electron chi connectivity index (χ3n) is 4.70. The van der Waals surface area contributed by atoms with Crippen LogP contribution in [0.15, 0.2) is 48.5 Å². The number of nitrogens with one attached hydrogen (secondary N) is 1. The van der Waals surface area contributed by atoms with Crippen molar-refractivity contribution in [2.75, 3.05) is 11.9 Å². The van der Waals surface area contributed by atoms with Crippen LogP contribution in [0.4, 0.5) is 5.69 Å². The quantitative estimate of drug-likeness (QED) is 0.862. The molecule has 2 aliphatic rings. The average molecular weight is 371 g/mol. The van der Waals surface area contributed by atoms with Crippen LogP contribution in [0.5, 0.6) is 11.5 Å². The first-order valence-electron chi connectivity index (χ1n) is 8.73. The van der Waals surface area contributed by atoms with E-state index in [-0.39, 0.29) is 17.7 Å². The minimum absolute atomic E-state index is 0.0936. The summed E-state index contributed by atoms with van der Waals surface area (Å²) in [4.78, 5) is 26.3. The van der Waals surface area contributed by atoms with Gasteiger partial charge in [0.2, 0.25) is 11.8 Å². The van der Waals surface area contributed by atoms with Gasteiger partial charge in [-0.3, -0.25) is 9.59 Å². The Morgan fingerprint density at radius 2 is 1.85 bits per heavy atom. The van der Waals surface area contributed by atoms with Gasteiger partial charge in [0, 0.05) is 24.7 Å². The molecule has 1 atom stereocenters. The highest BCUT2D eigenvalue weighted by atomic mass is 35.5. The van der Waals surface area contributed by atoms with E-state index in [9.17, 15) is 9.59 Å². The van der Waals surface area contributed by atoms with Gasteiger partial charge in [-0.05, 0) is 49.2 Å². The first kappa shape index (κ1) is 16.9. The van der Waals surface area contributed by atoms with Crippen LogP contribution in [-0.4, -0.2) is 29.3 Å². The Balaban J connectivity index is 1.36. The fourth-order valence-corrected chi connectivity index (χ4v) is 3.33. The summed E-state index contributed by atoms with van der Waals surface area (Å²) in [6.45, 7) is 0.531. The van der Waals surface area contributed by atoms with Crippen LogP contribution in [0, 0.1) is 5.92 Å². The topological polar surface area (TPSA) is 58.6 Å². The molecule has 2 amide bonds. The minimum Gasteiger partial charge on any atom is -0.456 e. The lowest BCUT2D eigenvalue weighted by Gasteiger charge is -2.15. The number of benzene rings is 2. The number of hydrogen-bond donors (Lipinski definition) is 1. The van der Waals surface area contributed by atoms with Crippen molar-refractivity contribution >= 4 is 29.1 Å². The van der Waals surface area contributed by atoms with Gasteiger partial charge in [0.05, 0.1) is 10.9 Å². The standard InChI is InChI=1S/C20H19ClN2O3/c21-17-3-1-2-4-18(17)26-16-9-5-14(6-10-16)22-20(25)13-11-19(24)23(12-13)15-7-8-15/h1-6,9-10,13,15H,7-8,11-12H2,(H,22,25)/t13-/m0/s1. The molecule has 0 radical (unpaired) electrons. The Hall–Kier alpha value is -2.53. The van der Waals surface area contributed by atoms with Crippen molar-refractivity contribution in [1.29, 1.82) is 0 Å². The summed E-state index contributed by atoms with van der Waals surface area (Å²) >= 11 is 6.08. The van der Waals surface area contributed by atoms with Gasteiger partial charge >= 0.3 is 0 Å². The maximum absolute atomic E-state index is 12.4. The molecule has 0 bridgehead atoms. The Morgan fingerprint density at radius 3 is 2.54 bits per heavy atom. The van der Waals surface area contributed by atoms with Crippen molar-refractivity contribution < 1.29 is 14.3 Å². The first-order valence-corrected chi connectivity index (χ1v) is 9.11. The van der Waals surface area contributed by atoms with Gasteiger partial charge in [0.15, 0.2) is 0 Å². The molecule has 1 N–H and O–H groups in total. The Kier molecular flexibility index (Phi) is 4.55. The molecule has 2 aromatic carbocycles. The van der Waals surface area contributed by atoms with Gasteiger partial charge in [-0.2, -0.15) is 0 Å².